The van der Waals surface area contributed by atoms with Crippen LogP contribution < -0.4 is 5.32 Å². The van der Waals surface area contributed by atoms with Gasteiger partial charge in [-0.15, -0.1) is 0 Å². The smallest absolute Gasteiger partial charge is 0.456 e. The van der Waals surface area contributed by atoms with Gasteiger partial charge >= 0.3 is 13.8 Å². The summed E-state index contributed by atoms with van der Waals surface area (Å²) < 4.78 is 30.4. The third-order valence-corrected chi connectivity index (χ3v) is 12.0. The minimum absolute atomic E-state index is 0.0175. The van der Waals surface area contributed by atoms with Crippen molar-refractivity contribution >= 4 is 19.7 Å². The molecule has 0 aliphatic carbocycles. The molecule has 0 aromatic rings. The molecule has 0 bridgehead atoms. The molecule has 2 N–H and O–H groups in total. The van der Waals surface area contributed by atoms with Crippen LogP contribution in [0.5, 0.6) is 0 Å². The summed E-state index contributed by atoms with van der Waals surface area (Å²) in [6.07, 6.45) is 61.5. The number of carbonyl (C=O) groups excluding carboxylic acids is 2. The van der Waals surface area contributed by atoms with Gasteiger partial charge in [-0.05, 0) is 89.5 Å². The zero-order chi connectivity index (χ0) is 49.4. The summed E-state index contributed by atoms with van der Waals surface area (Å²) in [5, 5.41) is 2.98. The summed E-state index contributed by atoms with van der Waals surface area (Å²) in [6.45, 7) is 6.77. The van der Waals surface area contributed by atoms with Crippen LogP contribution in [0.15, 0.2) is 97.2 Å². The molecule has 1 amide bonds. The Kier molecular flexibility index (Phi) is 44.5. The lowest BCUT2D eigenvalue weighted by Gasteiger charge is -2.27. The van der Waals surface area contributed by atoms with Crippen molar-refractivity contribution in [2.45, 2.75) is 213 Å². The van der Waals surface area contributed by atoms with Gasteiger partial charge in [0.1, 0.15) is 19.3 Å². The van der Waals surface area contributed by atoms with Crippen molar-refractivity contribution in [1.29, 1.82) is 0 Å². The second-order valence-electron chi connectivity index (χ2n) is 18.7. The quantitative estimate of drug-likeness (QED) is 0.0205. The average Bonchev–Trinajstić information content (AvgIpc) is 3.28. The molecule has 0 aliphatic rings. The molecule has 0 fully saturated rings. The number of nitrogens with one attached hydrogen (secondary N) is 1. The number of nitrogens with zero attached hydrogens (tertiary/aromatic N) is 1. The van der Waals surface area contributed by atoms with Crippen molar-refractivity contribution < 1.29 is 37.3 Å². The van der Waals surface area contributed by atoms with Crippen LogP contribution in [0.2, 0.25) is 0 Å². The molecule has 67 heavy (non-hydrogen) atoms. The van der Waals surface area contributed by atoms with E-state index in [4.69, 9.17) is 13.8 Å². The van der Waals surface area contributed by atoms with Crippen molar-refractivity contribution in [2.24, 2.45) is 0 Å². The van der Waals surface area contributed by atoms with Gasteiger partial charge in [0.2, 0.25) is 5.91 Å². The van der Waals surface area contributed by atoms with Gasteiger partial charge in [0.05, 0.1) is 33.8 Å². The van der Waals surface area contributed by atoms with Crippen LogP contribution in [0.4, 0.5) is 0 Å². The monoisotopic (exact) mass is 956 g/mol. The van der Waals surface area contributed by atoms with Gasteiger partial charge < -0.3 is 19.4 Å². The summed E-state index contributed by atoms with van der Waals surface area (Å²) in [7, 11) is 1.42. The van der Waals surface area contributed by atoms with E-state index in [1.54, 1.807) is 6.08 Å². The molecule has 9 nitrogen and oxygen atoms in total. The molecule has 0 spiro atoms. The molecule has 0 saturated carbocycles. The van der Waals surface area contributed by atoms with Crippen LogP contribution in [0, 0.1) is 0 Å². The normalized spacial score (nSPS) is 14.7. The first-order chi connectivity index (χ1) is 32.4. The van der Waals surface area contributed by atoms with Crippen LogP contribution in [-0.2, 0) is 27.9 Å². The van der Waals surface area contributed by atoms with E-state index in [1.165, 1.54) is 83.5 Å². The van der Waals surface area contributed by atoms with Gasteiger partial charge in [-0.25, -0.2) is 4.57 Å². The van der Waals surface area contributed by atoms with Gasteiger partial charge in [0, 0.05) is 12.8 Å². The van der Waals surface area contributed by atoms with E-state index >= 15 is 0 Å². The summed E-state index contributed by atoms with van der Waals surface area (Å²) in [5.74, 6) is -0.662. The van der Waals surface area contributed by atoms with E-state index in [1.807, 2.05) is 33.3 Å². The van der Waals surface area contributed by atoms with Crippen LogP contribution in [0.25, 0.3) is 0 Å². The van der Waals surface area contributed by atoms with Crippen molar-refractivity contribution in [3.8, 4) is 0 Å². The number of quaternary nitrogens is 1. The number of hydrogen-bond donors (Lipinski definition) is 2. The first-order valence-electron chi connectivity index (χ1n) is 26.6. The van der Waals surface area contributed by atoms with Gasteiger partial charge in [-0.1, -0.05) is 195 Å². The lowest BCUT2D eigenvalue weighted by atomic mass is 10.1. The van der Waals surface area contributed by atoms with Gasteiger partial charge in [0.25, 0.3) is 0 Å². The Hall–Kier alpha value is -3.07. The molecular formula is C57H100N2O7P+. The maximum Gasteiger partial charge on any atom is 0.472 e. The van der Waals surface area contributed by atoms with Gasteiger partial charge in [-0.3, -0.25) is 18.6 Å². The fourth-order valence-corrected chi connectivity index (χ4v) is 7.64. The molecule has 10 heteroatoms. The van der Waals surface area contributed by atoms with Gasteiger partial charge in [-0.2, -0.15) is 0 Å². The maximum absolute atomic E-state index is 13.4. The topological polar surface area (TPSA) is 111 Å². The highest BCUT2D eigenvalue weighted by Gasteiger charge is 2.30. The minimum atomic E-state index is -4.47. The predicted octanol–water partition coefficient (Wildman–Crippen LogP) is 15.7. The fraction of sp³-hybridized carbons (Fsp3) is 0.684. The molecule has 384 valence electrons. The predicted molar refractivity (Wildman–Crippen MR) is 286 cm³/mol. The van der Waals surface area contributed by atoms with Crippen LogP contribution in [0.3, 0.4) is 0 Å². The molecule has 3 unspecified atom stereocenters. The summed E-state index contributed by atoms with van der Waals surface area (Å²) >= 11 is 0. The van der Waals surface area contributed by atoms with E-state index in [9.17, 15) is 19.0 Å². The minimum Gasteiger partial charge on any atom is -0.456 e. The number of esters is 1. The molecule has 0 aromatic heterocycles. The average molecular weight is 956 g/mol. The van der Waals surface area contributed by atoms with E-state index in [-0.39, 0.29) is 32.0 Å². The Morgan fingerprint density at radius 3 is 1.46 bits per heavy atom. The Bertz CT molecular complexity index is 1470. The Morgan fingerprint density at radius 2 is 0.970 bits per heavy atom. The Balaban J connectivity index is 5.57. The zero-order valence-corrected chi connectivity index (χ0v) is 44.5. The number of phosphoric ester groups is 1. The molecule has 0 aliphatic heterocycles. The van der Waals surface area contributed by atoms with Crippen molar-refractivity contribution in [1.82, 2.24) is 5.32 Å². The van der Waals surface area contributed by atoms with E-state index < -0.39 is 25.9 Å². The molecule has 0 heterocycles. The molecule has 0 saturated heterocycles. The van der Waals surface area contributed by atoms with E-state index in [2.05, 4.69) is 105 Å². The van der Waals surface area contributed by atoms with Crippen LogP contribution in [-0.4, -0.2) is 74.3 Å². The second-order valence-corrected chi connectivity index (χ2v) is 20.1. The van der Waals surface area contributed by atoms with Crippen LogP contribution in [0.1, 0.15) is 201 Å². The number of rotatable bonds is 46. The number of amides is 1. The Morgan fingerprint density at radius 1 is 0.537 bits per heavy atom. The van der Waals surface area contributed by atoms with Crippen LogP contribution >= 0.6 is 7.82 Å². The SMILES string of the molecule is CC/C=C\C/C=C\C/C=C\C/C=C\C/C=C\CCCC(=O)NC(COP(=O)(O)OCC[N+](C)(C)C)C(/C=C\CCCCCCCCCCC)OC(=O)CC/C=C/C/C=C\CCCCCCCC. The molecule has 0 aromatic carbocycles. The Labute approximate surface area is 411 Å². The summed E-state index contributed by atoms with van der Waals surface area (Å²) in [6, 6.07) is -0.903. The largest absolute Gasteiger partial charge is 0.472 e. The second kappa shape index (κ2) is 46.6. The van der Waals surface area contributed by atoms with Gasteiger partial charge in [0.15, 0.2) is 0 Å². The van der Waals surface area contributed by atoms with E-state index in [0.717, 1.165) is 70.6 Å². The number of phosphoric acid groups is 1. The maximum atomic E-state index is 13.4. The number of carbonyl (C=O) groups is 2. The molecule has 0 rings (SSSR count). The number of unbranched alkanes of at least 4 members (excludes halogenated alkanes) is 16. The number of likely N-dealkylation sites (N-methyl/N-ethyl adjacent to an activating group) is 1. The fourth-order valence-electron chi connectivity index (χ4n) is 6.91. The summed E-state index contributed by atoms with van der Waals surface area (Å²) in [4.78, 5) is 37.4. The number of allylic oxidation sites excluding steroid dienone is 15. The van der Waals surface area contributed by atoms with Crippen molar-refractivity contribution in [2.75, 3.05) is 40.9 Å². The lowest BCUT2D eigenvalue weighted by molar-refractivity contribution is -0.870. The highest BCUT2D eigenvalue weighted by Crippen LogP contribution is 2.43. The third-order valence-electron chi connectivity index (χ3n) is 11.0. The van der Waals surface area contributed by atoms with Crippen molar-refractivity contribution in [3.63, 3.8) is 0 Å². The molecule has 3 atom stereocenters. The highest BCUT2D eigenvalue weighted by atomic mass is 31.2. The first kappa shape index (κ1) is 63.9. The third kappa shape index (κ3) is 47.8. The standard InChI is InChI=1S/C57H99N2O7P/c1-7-10-13-16-19-22-25-27-28-29-30-32-34-37-40-43-46-49-56(60)58-54(53-65-67(62,63)64-52-51-59(4,5)6)55(48-45-42-39-36-33-24-21-18-15-12-9-3)66-57(61)50-47-44-41-38-35-31-26-23-20-17-14-11-8-2/h10,13,19,22,27-28,30-32,35,37,40-41,44-45,48,54-55H,7-9,11-12,14-18,20-21,23-26,29,33-34,36,38-39,42-43,46-47,49-53H2,1-6H3,(H-,58,60,62,63)/p+1/b13-10-,22-19-,28-27-,32-30-,35-31-,40-37-,44-41+,48-45-. The van der Waals surface area contributed by atoms with E-state index in [0.29, 0.717) is 23.9 Å². The zero-order valence-electron chi connectivity index (χ0n) is 43.6. The number of ether oxygens (including phenoxy) is 1. The molecular weight excluding hydrogens is 856 g/mol. The highest BCUT2D eigenvalue weighted by molar-refractivity contribution is 7.47. The first-order valence-corrected chi connectivity index (χ1v) is 28.1. The van der Waals surface area contributed by atoms with Crippen molar-refractivity contribution in [3.05, 3.63) is 97.2 Å². The number of hydrogen-bond acceptors (Lipinski definition) is 6. The molecule has 0 radical (unpaired) electrons. The lowest BCUT2D eigenvalue weighted by Crippen LogP contribution is -2.47. The summed E-state index contributed by atoms with van der Waals surface area (Å²) in [5.41, 5.74) is 0.